The van der Waals surface area contributed by atoms with Gasteiger partial charge in [0.15, 0.2) is 0 Å². The second kappa shape index (κ2) is 7.54. The van der Waals surface area contributed by atoms with E-state index in [1.165, 1.54) is 12.8 Å². The van der Waals surface area contributed by atoms with Gasteiger partial charge < -0.3 is 19.3 Å². The number of alkyl halides is 1. The molecule has 0 bridgehead atoms. The normalized spacial score (nSPS) is 32.1. The van der Waals surface area contributed by atoms with Gasteiger partial charge in [-0.3, -0.25) is 0 Å². The van der Waals surface area contributed by atoms with Crippen LogP contribution < -0.4 is 0 Å². The van der Waals surface area contributed by atoms with Crippen LogP contribution in [-0.2, 0) is 14.2 Å². The lowest BCUT2D eigenvalue weighted by molar-refractivity contribution is -0.00670. The highest BCUT2D eigenvalue weighted by Crippen LogP contribution is 2.50. The molecule has 1 aliphatic heterocycles. The van der Waals surface area contributed by atoms with Crippen LogP contribution in [0.1, 0.15) is 26.2 Å². The largest absolute Gasteiger partial charge is 0.394 e. The van der Waals surface area contributed by atoms with E-state index in [2.05, 4.69) is 0 Å². The van der Waals surface area contributed by atoms with Gasteiger partial charge in [-0.05, 0) is 26.2 Å². The van der Waals surface area contributed by atoms with Crippen molar-refractivity contribution in [2.75, 3.05) is 33.5 Å². The van der Waals surface area contributed by atoms with Crippen molar-refractivity contribution in [1.29, 1.82) is 0 Å². The second-order valence-electron chi connectivity index (χ2n) is 4.52. The fourth-order valence-electron chi connectivity index (χ4n) is 1.88. The highest BCUT2D eigenvalue weighted by atomic mass is 35.5. The standard InChI is InChI=1S/C6H9ClO.C6H14O3/c7-6-3-1-5(6)2-4-8-6;1-6(5-7)9-4-3-8-2/h5H,1-4H2;6-7H,3-5H2,1-2H3. The number of aliphatic hydroxyl groups is 1. The lowest BCUT2D eigenvalue weighted by Gasteiger charge is -2.37. The summed E-state index contributed by atoms with van der Waals surface area (Å²) in [5.74, 6) is 0.684. The van der Waals surface area contributed by atoms with E-state index in [9.17, 15) is 0 Å². The van der Waals surface area contributed by atoms with E-state index >= 15 is 0 Å². The smallest absolute Gasteiger partial charge is 0.144 e. The molecule has 3 atom stereocenters. The Morgan fingerprint density at radius 3 is 2.59 bits per heavy atom. The minimum Gasteiger partial charge on any atom is -0.394 e. The van der Waals surface area contributed by atoms with E-state index in [-0.39, 0.29) is 17.8 Å². The van der Waals surface area contributed by atoms with Crippen molar-refractivity contribution in [2.24, 2.45) is 5.92 Å². The van der Waals surface area contributed by atoms with Gasteiger partial charge in [0.25, 0.3) is 0 Å². The number of hydrogen-bond acceptors (Lipinski definition) is 4. The summed E-state index contributed by atoms with van der Waals surface area (Å²) in [6, 6.07) is 0. The number of halogens is 1. The summed E-state index contributed by atoms with van der Waals surface area (Å²) < 4.78 is 15.1. The van der Waals surface area contributed by atoms with Crippen LogP contribution >= 0.6 is 11.6 Å². The quantitative estimate of drug-likeness (QED) is 0.609. The first kappa shape index (κ1) is 15.2. The third kappa shape index (κ3) is 4.72. The fourth-order valence-corrected chi connectivity index (χ4v) is 2.29. The first-order chi connectivity index (χ1) is 8.12. The first-order valence-corrected chi connectivity index (χ1v) is 6.54. The molecule has 0 aromatic carbocycles. The Bertz CT molecular complexity index is 215. The second-order valence-corrected chi connectivity index (χ2v) is 5.16. The summed E-state index contributed by atoms with van der Waals surface area (Å²) in [5.41, 5.74) is 0. The molecule has 0 radical (unpaired) electrons. The Kier molecular flexibility index (Phi) is 6.74. The molecular formula is C12H23ClO4. The van der Waals surface area contributed by atoms with Gasteiger partial charge in [-0.1, -0.05) is 11.6 Å². The van der Waals surface area contributed by atoms with Crippen LogP contribution in [0.15, 0.2) is 0 Å². The highest BCUT2D eigenvalue weighted by Gasteiger charge is 2.49. The van der Waals surface area contributed by atoms with E-state index in [4.69, 9.17) is 30.9 Å². The van der Waals surface area contributed by atoms with Crippen molar-refractivity contribution < 1.29 is 19.3 Å². The van der Waals surface area contributed by atoms with Gasteiger partial charge in [0.05, 0.1) is 25.9 Å². The number of methoxy groups -OCH3 is 1. The molecule has 17 heavy (non-hydrogen) atoms. The topological polar surface area (TPSA) is 47.9 Å². The van der Waals surface area contributed by atoms with Crippen LogP contribution in [0.5, 0.6) is 0 Å². The van der Waals surface area contributed by atoms with Crippen molar-refractivity contribution in [3.05, 3.63) is 0 Å². The average Bonchev–Trinajstić information content (AvgIpc) is 2.57. The third-order valence-electron chi connectivity index (χ3n) is 3.20. The van der Waals surface area contributed by atoms with Crippen LogP contribution in [0.3, 0.4) is 0 Å². The number of fused-ring (bicyclic) bond motifs is 1. The Labute approximate surface area is 108 Å². The molecule has 102 valence electrons. The van der Waals surface area contributed by atoms with E-state index in [1.54, 1.807) is 7.11 Å². The zero-order valence-electron chi connectivity index (χ0n) is 10.7. The number of ether oxygens (including phenoxy) is 3. The molecule has 2 aliphatic rings. The molecule has 1 saturated heterocycles. The molecule has 5 heteroatoms. The number of aliphatic hydroxyl groups excluding tert-OH is 1. The first-order valence-electron chi connectivity index (χ1n) is 6.16. The molecular weight excluding hydrogens is 244 g/mol. The molecule has 3 unspecified atom stereocenters. The summed E-state index contributed by atoms with van der Waals surface area (Å²) in [5, 5.41) is 8.27. The highest BCUT2D eigenvalue weighted by molar-refractivity contribution is 6.23. The summed E-state index contributed by atoms with van der Waals surface area (Å²) in [6.07, 6.45) is 3.46. The van der Waals surface area contributed by atoms with Crippen molar-refractivity contribution in [3.63, 3.8) is 0 Å². The van der Waals surface area contributed by atoms with E-state index in [1.807, 2.05) is 6.92 Å². The number of hydrogen-bond donors (Lipinski definition) is 1. The summed E-state index contributed by atoms with van der Waals surface area (Å²) in [7, 11) is 1.62. The molecule has 0 aromatic rings. The minimum atomic E-state index is -0.194. The maximum atomic E-state index is 8.47. The minimum absolute atomic E-state index is 0.0693. The zero-order chi connectivity index (χ0) is 12.7. The van der Waals surface area contributed by atoms with Crippen molar-refractivity contribution >= 4 is 11.6 Å². The van der Waals surface area contributed by atoms with Gasteiger partial charge in [0, 0.05) is 19.6 Å². The molecule has 4 nitrogen and oxygen atoms in total. The predicted molar refractivity (Wildman–Crippen MR) is 66.3 cm³/mol. The van der Waals surface area contributed by atoms with Gasteiger partial charge >= 0.3 is 0 Å². The fraction of sp³-hybridized carbons (Fsp3) is 1.00. The average molecular weight is 267 g/mol. The Hall–Kier alpha value is 0.130. The van der Waals surface area contributed by atoms with Gasteiger partial charge in [0.1, 0.15) is 5.06 Å². The molecule has 2 fully saturated rings. The van der Waals surface area contributed by atoms with Crippen LogP contribution in [0.25, 0.3) is 0 Å². The van der Waals surface area contributed by atoms with Gasteiger partial charge in [0.2, 0.25) is 0 Å². The Balaban J connectivity index is 0.000000170. The van der Waals surface area contributed by atoms with Crippen LogP contribution in [0.2, 0.25) is 0 Å². The predicted octanol–water partition coefficient (Wildman–Crippen LogP) is 1.78. The monoisotopic (exact) mass is 266 g/mol. The van der Waals surface area contributed by atoms with E-state index in [0.29, 0.717) is 19.1 Å². The lowest BCUT2D eigenvalue weighted by atomic mass is 9.81. The van der Waals surface area contributed by atoms with Gasteiger partial charge in [-0.2, -0.15) is 0 Å². The molecule has 1 N–H and O–H groups in total. The third-order valence-corrected chi connectivity index (χ3v) is 3.81. The molecule has 1 heterocycles. The summed E-state index contributed by atoms with van der Waals surface area (Å²) in [6.45, 7) is 3.91. The maximum Gasteiger partial charge on any atom is 0.144 e. The van der Waals surface area contributed by atoms with Gasteiger partial charge in [-0.15, -0.1) is 0 Å². The van der Waals surface area contributed by atoms with Crippen molar-refractivity contribution in [2.45, 2.75) is 37.4 Å². The molecule has 2 rings (SSSR count). The Morgan fingerprint density at radius 1 is 1.47 bits per heavy atom. The molecule has 1 saturated carbocycles. The zero-order valence-corrected chi connectivity index (χ0v) is 11.4. The summed E-state index contributed by atoms with van der Waals surface area (Å²) in [4.78, 5) is 0. The molecule has 1 aliphatic carbocycles. The molecule has 0 spiro atoms. The van der Waals surface area contributed by atoms with Crippen LogP contribution in [0, 0.1) is 5.92 Å². The van der Waals surface area contributed by atoms with Crippen molar-refractivity contribution in [3.8, 4) is 0 Å². The van der Waals surface area contributed by atoms with E-state index in [0.717, 1.165) is 13.0 Å². The lowest BCUT2D eigenvalue weighted by Crippen LogP contribution is -2.38. The van der Waals surface area contributed by atoms with Crippen LogP contribution in [-0.4, -0.2) is 49.8 Å². The Morgan fingerprint density at radius 2 is 2.24 bits per heavy atom. The molecule has 0 aromatic heterocycles. The van der Waals surface area contributed by atoms with Crippen LogP contribution in [0.4, 0.5) is 0 Å². The van der Waals surface area contributed by atoms with E-state index < -0.39 is 0 Å². The summed E-state index contributed by atoms with van der Waals surface area (Å²) >= 11 is 5.98. The number of rotatable bonds is 5. The SMILES string of the molecule is COCCOC(C)CO.ClC12CCC1CCO2. The van der Waals surface area contributed by atoms with Gasteiger partial charge in [-0.25, -0.2) is 0 Å². The maximum absolute atomic E-state index is 8.47. The molecule has 0 amide bonds. The van der Waals surface area contributed by atoms with Crippen molar-refractivity contribution in [1.82, 2.24) is 0 Å².